The van der Waals surface area contributed by atoms with Crippen molar-refractivity contribution in [2.24, 2.45) is 0 Å². The van der Waals surface area contributed by atoms with Crippen molar-refractivity contribution in [1.29, 1.82) is 0 Å². The van der Waals surface area contributed by atoms with Crippen molar-refractivity contribution in [1.82, 2.24) is 10.2 Å². The van der Waals surface area contributed by atoms with E-state index in [1.54, 1.807) is 24.1 Å². The molecule has 0 saturated heterocycles. The summed E-state index contributed by atoms with van der Waals surface area (Å²) in [5.41, 5.74) is 1.52. The molecule has 1 N–H and O–H groups in total. The lowest BCUT2D eigenvalue weighted by atomic mass is 10.1. The Labute approximate surface area is 170 Å². The number of carbonyl (C=O) groups is 2. The largest absolute Gasteiger partial charge is 0.490 e. The van der Waals surface area contributed by atoms with E-state index in [4.69, 9.17) is 4.74 Å². The van der Waals surface area contributed by atoms with Crippen molar-refractivity contribution in [3.63, 3.8) is 0 Å². The van der Waals surface area contributed by atoms with Crippen LogP contribution in [0.2, 0.25) is 0 Å². The highest BCUT2D eigenvalue weighted by Crippen LogP contribution is 2.16. The smallest absolute Gasteiger partial charge is 0.251 e. The Balaban J connectivity index is 1.52. The number of amides is 2. The first kappa shape index (κ1) is 20.1. The van der Waals surface area contributed by atoms with Crippen LogP contribution in [0.1, 0.15) is 15.9 Å². The number of nitrogens with one attached hydrogen (secondary N) is 1. The van der Waals surface area contributed by atoms with Gasteiger partial charge < -0.3 is 15.0 Å². The van der Waals surface area contributed by atoms with Crippen molar-refractivity contribution < 1.29 is 14.3 Å². The summed E-state index contributed by atoms with van der Waals surface area (Å²) >= 11 is 0. The minimum Gasteiger partial charge on any atom is -0.490 e. The van der Waals surface area contributed by atoms with E-state index in [2.05, 4.69) is 11.9 Å². The number of fused-ring (bicyclic) bond motifs is 1. The first-order valence-corrected chi connectivity index (χ1v) is 9.40. The van der Waals surface area contributed by atoms with Gasteiger partial charge in [0, 0.05) is 19.2 Å². The van der Waals surface area contributed by atoms with E-state index in [-0.39, 0.29) is 18.4 Å². The van der Waals surface area contributed by atoms with Gasteiger partial charge in [-0.05, 0) is 40.6 Å². The molecule has 0 heterocycles. The van der Waals surface area contributed by atoms with Crippen molar-refractivity contribution in [2.75, 3.05) is 20.2 Å². The Hall–Kier alpha value is -3.60. The third-order valence-electron chi connectivity index (χ3n) is 4.55. The number of hydrogen-bond donors (Lipinski definition) is 1. The summed E-state index contributed by atoms with van der Waals surface area (Å²) in [7, 11) is 1.71. The number of benzene rings is 3. The average Bonchev–Trinajstić information content (AvgIpc) is 2.76. The molecule has 0 radical (unpaired) electrons. The molecule has 0 aliphatic carbocycles. The van der Waals surface area contributed by atoms with E-state index in [0.29, 0.717) is 18.7 Å². The topological polar surface area (TPSA) is 58.6 Å². The standard InChI is InChI=1S/C24H24N2O3/c1-3-14-29-22-12-8-18(9-13-22)17-26(2)23(27)16-25-24(28)21-11-10-19-6-4-5-7-20(19)15-21/h3-13,15H,1,14,16-17H2,2H3,(H,25,28). The van der Waals surface area contributed by atoms with Crippen LogP contribution in [-0.2, 0) is 11.3 Å². The second-order valence-electron chi connectivity index (χ2n) is 6.74. The molecule has 0 unspecified atom stereocenters. The molecule has 3 aromatic rings. The Morgan fingerprint density at radius 1 is 1.03 bits per heavy atom. The van der Waals surface area contributed by atoms with E-state index in [1.807, 2.05) is 60.7 Å². The van der Waals surface area contributed by atoms with Gasteiger partial charge in [0.25, 0.3) is 5.91 Å². The number of rotatable bonds is 8. The molecule has 0 aliphatic rings. The van der Waals surface area contributed by atoms with Crippen LogP contribution >= 0.6 is 0 Å². The number of carbonyl (C=O) groups excluding carboxylic acids is 2. The summed E-state index contributed by atoms with van der Waals surface area (Å²) in [6.45, 7) is 4.47. The molecule has 3 aromatic carbocycles. The lowest BCUT2D eigenvalue weighted by Gasteiger charge is -2.18. The van der Waals surface area contributed by atoms with E-state index in [9.17, 15) is 9.59 Å². The Morgan fingerprint density at radius 2 is 1.76 bits per heavy atom. The maximum atomic E-state index is 12.4. The summed E-state index contributed by atoms with van der Waals surface area (Å²) < 4.78 is 5.45. The van der Waals surface area contributed by atoms with Crippen molar-refractivity contribution in [2.45, 2.75) is 6.54 Å². The molecule has 0 fully saturated rings. The summed E-state index contributed by atoms with van der Waals surface area (Å²) in [5, 5.41) is 4.76. The number of likely N-dealkylation sites (N-methyl/N-ethyl adjacent to an activating group) is 1. The van der Waals surface area contributed by atoms with Crippen LogP contribution in [0.5, 0.6) is 5.75 Å². The number of ether oxygens (including phenoxy) is 1. The molecule has 3 rings (SSSR count). The van der Waals surface area contributed by atoms with Crippen molar-refractivity contribution in [3.05, 3.63) is 90.5 Å². The monoisotopic (exact) mass is 388 g/mol. The predicted octanol–water partition coefficient (Wildman–Crippen LogP) is 3.79. The fourth-order valence-corrected chi connectivity index (χ4v) is 2.93. The van der Waals surface area contributed by atoms with Gasteiger partial charge in [0.2, 0.25) is 5.91 Å². The van der Waals surface area contributed by atoms with Crippen molar-refractivity contribution in [3.8, 4) is 5.75 Å². The molecule has 5 heteroatoms. The first-order valence-electron chi connectivity index (χ1n) is 9.40. The molecular formula is C24H24N2O3. The number of nitrogens with zero attached hydrogens (tertiary/aromatic N) is 1. The zero-order valence-electron chi connectivity index (χ0n) is 16.4. The quantitative estimate of drug-likeness (QED) is 0.597. The third kappa shape index (κ3) is 5.45. The fraction of sp³-hybridized carbons (Fsp3) is 0.167. The Bertz CT molecular complexity index is 1010. The highest BCUT2D eigenvalue weighted by atomic mass is 16.5. The molecule has 0 aromatic heterocycles. The third-order valence-corrected chi connectivity index (χ3v) is 4.55. The average molecular weight is 388 g/mol. The molecule has 148 valence electrons. The molecule has 0 aliphatic heterocycles. The van der Waals surface area contributed by atoms with Gasteiger partial charge in [-0.3, -0.25) is 9.59 Å². The van der Waals surface area contributed by atoms with E-state index in [0.717, 1.165) is 22.1 Å². The normalized spacial score (nSPS) is 10.4. The van der Waals surface area contributed by atoms with Gasteiger partial charge in [0.1, 0.15) is 12.4 Å². The van der Waals surface area contributed by atoms with Crippen LogP contribution < -0.4 is 10.1 Å². The van der Waals surface area contributed by atoms with E-state index >= 15 is 0 Å². The van der Waals surface area contributed by atoms with Crippen LogP contribution in [-0.4, -0.2) is 36.9 Å². The predicted molar refractivity (Wildman–Crippen MR) is 115 cm³/mol. The Morgan fingerprint density at radius 3 is 2.48 bits per heavy atom. The van der Waals surface area contributed by atoms with Gasteiger partial charge in [-0.25, -0.2) is 0 Å². The summed E-state index contributed by atoms with van der Waals surface area (Å²) in [6.07, 6.45) is 1.69. The van der Waals surface area contributed by atoms with Gasteiger partial charge >= 0.3 is 0 Å². The Kier molecular flexibility index (Phi) is 6.63. The van der Waals surface area contributed by atoms with Gasteiger partial charge in [-0.15, -0.1) is 0 Å². The zero-order chi connectivity index (χ0) is 20.6. The molecule has 0 spiro atoms. The fourth-order valence-electron chi connectivity index (χ4n) is 2.93. The van der Waals surface area contributed by atoms with Gasteiger partial charge in [-0.1, -0.05) is 55.1 Å². The highest BCUT2D eigenvalue weighted by molar-refractivity contribution is 5.99. The molecule has 0 saturated carbocycles. The number of hydrogen-bond acceptors (Lipinski definition) is 3. The molecular weight excluding hydrogens is 364 g/mol. The van der Waals surface area contributed by atoms with Crippen molar-refractivity contribution >= 4 is 22.6 Å². The van der Waals surface area contributed by atoms with Gasteiger partial charge in [0.05, 0.1) is 6.54 Å². The zero-order valence-corrected chi connectivity index (χ0v) is 16.4. The summed E-state index contributed by atoms with van der Waals surface area (Å²) in [6, 6.07) is 20.9. The minimum atomic E-state index is -0.263. The molecule has 0 atom stereocenters. The van der Waals surface area contributed by atoms with Crippen LogP contribution in [0.3, 0.4) is 0 Å². The minimum absolute atomic E-state index is 0.0529. The maximum Gasteiger partial charge on any atom is 0.251 e. The molecule has 5 nitrogen and oxygen atoms in total. The summed E-state index contributed by atoms with van der Waals surface area (Å²) in [5.74, 6) is 0.331. The molecule has 2 amide bonds. The van der Waals surface area contributed by atoms with Gasteiger partial charge in [-0.2, -0.15) is 0 Å². The maximum absolute atomic E-state index is 12.4. The first-order chi connectivity index (χ1) is 14.1. The van der Waals surface area contributed by atoms with Gasteiger partial charge in [0.15, 0.2) is 0 Å². The second-order valence-corrected chi connectivity index (χ2v) is 6.74. The van der Waals surface area contributed by atoms with Crippen LogP contribution in [0.4, 0.5) is 0 Å². The van der Waals surface area contributed by atoms with Crippen LogP contribution in [0.25, 0.3) is 10.8 Å². The van der Waals surface area contributed by atoms with Crippen LogP contribution in [0, 0.1) is 0 Å². The SMILES string of the molecule is C=CCOc1ccc(CN(C)C(=O)CNC(=O)c2ccc3ccccc3c2)cc1. The second kappa shape index (κ2) is 9.55. The molecule has 0 bridgehead atoms. The highest BCUT2D eigenvalue weighted by Gasteiger charge is 2.12. The van der Waals surface area contributed by atoms with E-state index in [1.165, 1.54) is 0 Å². The summed E-state index contributed by atoms with van der Waals surface area (Å²) in [4.78, 5) is 26.4. The van der Waals surface area contributed by atoms with Crippen LogP contribution in [0.15, 0.2) is 79.4 Å². The lowest BCUT2D eigenvalue weighted by Crippen LogP contribution is -2.37. The van der Waals surface area contributed by atoms with E-state index < -0.39 is 0 Å². The lowest BCUT2D eigenvalue weighted by molar-refractivity contribution is -0.129. The molecule has 29 heavy (non-hydrogen) atoms.